The summed E-state index contributed by atoms with van der Waals surface area (Å²) in [6.07, 6.45) is -5.09. The maximum Gasteiger partial charge on any atom is 0.420 e. The molecule has 0 unspecified atom stereocenters. The summed E-state index contributed by atoms with van der Waals surface area (Å²) >= 11 is 0. The predicted molar refractivity (Wildman–Crippen MR) is 139 cm³/mol. The highest BCUT2D eigenvalue weighted by Gasteiger charge is 2.38. The highest BCUT2D eigenvalue weighted by Crippen LogP contribution is 2.46. The van der Waals surface area contributed by atoms with Crippen molar-refractivity contribution in [3.8, 4) is 34.1 Å². The maximum atomic E-state index is 14.2. The number of carbonyl (C=O) groups excluding carboxylic acids is 4. The minimum atomic E-state index is -5.09. The summed E-state index contributed by atoms with van der Waals surface area (Å²) < 4.78 is 62.9. The van der Waals surface area contributed by atoms with Gasteiger partial charge in [0.15, 0.2) is 23.0 Å². The molecule has 0 radical (unpaired) electrons. The van der Waals surface area contributed by atoms with Crippen LogP contribution in [0, 0.1) is 0 Å². The van der Waals surface area contributed by atoms with Crippen LogP contribution in [0.15, 0.2) is 78.9 Å². The Balaban J connectivity index is 2.84. The van der Waals surface area contributed by atoms with Crippen molar-refractivity contribution in [2.24, 2.45) is 0 Å². The van der Waals surface area contributed by atoms with Crippen LogP contribution in [0.25, 0.3) is 11.1 Å². The minimum absolute atomic E-state index is 0.00976. The quantitative estimate of drug-likeness (QED) is 0.201. The predicted octanol–water partition coefficient (Wildman–Crippen LogP) is 6.30. The number of hydrogen-bond donors (Lipinski definition) is 0. The first-order valence-electron chi connectivity index (χ1n) is 11.3. The van der Waals surface area contributed by atoms with Crippen LogP contribution in [0.4, 0.5) is 13.2 Å². The Morgan fingerprint density at radius 1 is 0.575 bits per heavy atom. The molecule has 0 aromatic heterocycles. The highest BCUT2D eigenvalue weighted by atomic mass is 19.4. The van der Waals surface area contributed by atoms with Crippen molar-refractivity contribution in [2.75, 3.05) is 0 Å². The lowest BCUT2D eigenvalue weighted by atomic mass is 10.0. The Hall–Kier alpha value is -4.93. The first-order chi connectivity index (χ1) is 18.4. The van der Waals surface area contributed by atoms with Gasteiger partial charge in [0, 0.05) is 22.3 Å². The number of ether oxygens (including phenoxy) is 4. The lowest BCUT2D eigenvalue weighted by Crippen LogP contribution is -2.17. The van der Waals surface area contributed by atoms with E-state index < -0.39 is 47.1 Å². The largest absolute Gasteiger partial charge is 0.420 e. The van der Waals surface area contributed by atoms with Gasteiger partial charge >= 0.3 is 30.1 Å². The van der Waals surface area contributed by atoms with Crippen molar-refractivity contribution in [3.63, 3.8) is 0 Å². The lowest BCUT2D eigenvalue weighted by molar-refractivity contribution is -0.142. The lowest BCUT2D eigenvalue weighted by Gasteiger charge is -2.19. The number of rotatable bonds is 9. The average Bonchev–Trinajstić information content (AvgIpc) is 2.84. The van der Waals surface area contributed by atoms with Crippen molar-refractivity contribution in [2.45, 2.75) is 33.9 Å². The molecular weight excluding hydrogens is 533 g/mol. The van der Waals surface area contributed by atoms with Crippen molar-refractivity contribution in [1.82, 2.24) is 0 Å². The van der Waals surface area contributed by atoms with Gasteiger partial charge in [0.05, 0.1) is 0 Å². The highest BCUT2D eigenvalue weighted by molar-refractivity contribution is 5.93. The van der Waals surface area contributed by atoms with Crippen molar-refractivity contribution in [3.05, 3.63) is 84.5 Å². The fourth-order valence-corrected chi connectivity index (χ4v) is 2.75. The van der Waals surface area contributed by atoms with Gasteiger partial charge in [-0.05, 0) is 63.1 Å². The molecule has 2 rings (SSSR count). The van der Waals surface area contributed by atoms with Gasteiger partial charge in [-0.1, -0.05) is 32.4 Å². The molecule has 0 N–H and O–H groups in total. The second kappa shape index (κ2) is 12.3. The van der Waals surface area contributed by atoms with Gasteiger partial charge in [0.2, 0.25) is 0 Å². The van der Waals surface area contributed by atoms with Gasteiger partial charge in [-0.3, -0.25) is 0 Å². The molecule has 210 valence electrons. The van der Waals surface area contributed by atoms with Crippen molar-refractivity contribution < 1.29 is 51.3 Å². The molecule has 0 atom stereocenters. The Kier molecular flexibility index (Phi) is 9.61. The minimum Gasteiger partial charge on any atom is -0.419 e. The molecule has 0 aliphatic rings. The number of halogens is 3. The van der Waals surface area contributed by atoms with Gasteiger partial charge < -0.3 is 18.9 Å². The molecule has 0 bridgehead atoms. The normalized spacial score (nSPS) is 10.7. The average molecular weight is 559 g/mol. The molecule has 0 heterocycles. The molecule has 0 saturated carbocycles. The topological polar surface area (TPSA) is 105 Å². The zero-order chi connectivity index (χ0) is 30.5. The summed E-state index contributed by atoms with van der Waals surface area (Å²) in [5.41, 5.74) is -1.98. The van der Waals surface area contributed by atoms with Crippen LogP contribution in [-0.4, -0.2) is 23.9 Å². The van der Waals surface area contributed by atoms with E-state index >= 15 is 0 Å². The molecule has 0 amide bonds. The van der Waals surface area contributed by atoms with Gasteiger partial charge in [-0.2, -0.15) is 13.2 Å². The molecule has 0 saturated heterocycles. The van der Waals surface area contributed by atoms with Crippen LogP contribution >= 0.6 is 0 Å². The van der Waals surface area contributed by atoms with Crippen LogP contribution in [0.2, 0.25) is 0 Å². The third kappa shape index (κ3) is 7.79. The molecule has 0 spiro atoms. The van der Waals surface area contributed by atoms with Crippen LogP contribution < -0.4 is 18.9 Å². The number of hydrogen-bond acceptors (Lipinski definition) is 8. The van der Waals surface area contributed by atoms with E-state index in [0.29, 0.717) is 6.07 Å². The van der Waals surface area contributed by atoms with E-state index in [0.717, 1.165) is 12.1 Å². The molecule has 0 aliphatic heterocycles. The summed E-state index contributed by atoms with van der Waals surface area (Å²) in [5, 5.41) is 0. The van der Waals surface area contributed by atoms with E-state index in [1.165, 1.54) is 39.8 Å². The SMILES string of the molecule is C=C(C)C(=O)Oc1ccc(-c2cc(OC(=O)C(=C)C)c(OC(=O)C(=C)C)c(C(F)(F)F)c2)cc1OC(=O)C(=C)C. The molecule has 40 heavy (non-hydrogen) atoms. The van der Waals surface area contributed by atoms with Crippen molar-refractivity contribution in [1.29, 1.82) is 0 Å². The standard InChI is InChI=1S/C29H25F3O8/c1-14(2)25(33)37-21-10-9-18(12-22(21)38-26(34)15(3)4)19-11-20(29(30,31)32)24(40-28(36)17(7)8)23(13-19)39-27(35)16(5)6/h9-13H,1,3,5,7H2,2,4,6,8H3. The number of alkyl halides is 3. The molecule has 2 aromatic rings. The molecule has 0 aliphatic carbocycles. The molecule has 2 aromatic carbocycles. The zero-order valence-corrected chi connectivity index (χ0v) is 22.1. The Morgan fingerprint density at radius 3 is 1.43 bits per heavy atom. The van der Waals surface area contributed by atoms with Gasteiger partial charge in [0.25, 0.3) is 0 Å². The maximum absolute atomic E-state index is 14.2. The smallest absolute Gasteiger partial charge is 0.419 e. The fraction of sp³-hybridized carbons (Fsp3) is 0.172. The fourth-order valence-electron chi connectivity index (χ4n) is 2.75. The van der Waals surface area contributed by atoms with Crippen LogP contribution in [0.5, 0.6) is 23.0 Å². The number of esters is 4. The first-order valence-corrected chi connectivity index (χ1v) is 11.3. The zero-order valence-electron chi connectivity index (χ0n) is 22.1. The second-order valence-corrected chi connectivity index (χ2v) is 8.69. The van der Waals surface area contributed by atoms with E-state index in [-0.39, 0.29) is 44.9 Å². The van der Waals surface area contributed by atoms with E-state index in [2.05, 4.69) is 26.3 Å². The summed E-state index contributed by atoms with van der Waals surface area (Å²) in [6, 6.07) is 5.22. The Labute approximate surface area is 228 Å². The summed E-state index contributed by atoms with van der Waals surface area (Å²) in [4.78, 5) is 48.7. The third-order valence-electron chi connectivity index (χ3n) is 4.83. The second-order valence-electron chi connectivity index (χ2n) is 8.69. The van der Waals surface area contributed by atoms with E-state index in [1.54, 1.807) is 0 Å². The van der Waals surface area contributed by atoms with E-state index in [9.17, 15) is 32.3 Å². The number of benzene rings is 2. The van der Waals surface area contributed by atoms with E-state index in [1.807, 2.05) is 0 Å². The summed E-state index contributed by atoms with van der Waals surface area (Å²) in [6.45, 7) is 18.9. The molecule has 11 heteroatoms. The monoisotopic (exact) mass is 558 g/mol. The third-order valence-corrected chi connectivity index (χ3v) is 4.83. The van der Waals surface area contributed by atoms with Crippen molar-refractivity contribution >= 4 is 23.9 Å². The molecule has 0 fully saturated rings. The number of carbonyl (C=O) groups is 4. The summed E-state index contributed by atoms with van der Waals surface area (Å²) in [5.74, 6) is -6.41. The Bertz CT molecular complexity index is 1460. The molecule has 8 nitrogen and oxygen atoms in total. The summed E-state index contributed by atoms with van der Waals surface area (Å²) in [7, 11) is 0. The van der Waals surface area contributed by atoms with Crippen LogP contribution in [0.3, 0.4) is 0 Å². The van der Waals surface area contributed by atoms with Crippen LogP contribution in [-0.2, 0) is 25.4 Å². The van der Waals surface area contributed by atoms with Gasteiger partial charge in [0.1, 0.15) is 5.56 Å². The van der Waals surface area contributed by atoms with Gasteiger partial charge in [-0.25, -0.2) is 19.2 Å². The van der Waals surface area contributed by atoms with Crippen LogP contribution in [0.1, 0.15) is 33.3 Å². The Morgan fingerprint density at radius 2 is 0.975 bits per heavy atom. The van der Waals surface area contributed by atoms with E-state index in [4.69, 9.17) is 18.9 Å². The van der Waals surface area contributed by atoms with Gasteiger partial charge in [-0.15, -0.1) is 0 Å². The first kappa shape index (κ1) is 31.3. The molecular formula is C29H25F3O8.